The lowest BCUT2D eigenvalue weighted by Gasteiger charge is -2.21. The lowest BCUT2D eigenvalue weighted by Crippen LogP contribution is -2.25. The predicted molar refractivity (Wildman–Crippen MR) is 80.1 cm³/mol. The first-order valence-corrected chi connectivity index (χ1v) is 7.67. The molecule has 1 aliphatic heterocycles. The van der Waals surface area contributed by atoms with Crippen molar-refractivity contribution < 1.29 is 22.7 Å². The van der Waals surface area contributed by atoms with Crippen molar-refractivity contribution in [2.45, 2.75) is 12.8 Å². The first-order valence-electron chi connectivity index (χ1n) is 5.87. The van der Waals surface area contributed by atoms with Crippen LogP contribution in [0.3, 0.4) is 0 Å². The van der Waals surface area contributed by atoms with Crippen molar-refractivity contribution in [3.63, 3.8) is 0 Å². The molecular formula is C12H10BrClF3NO2S. The Labute approximate surface area is 137 Å². The molecule has 1 saturated heterocycles. The normalized spacial score (nSPS) is 19.2. The number of carbonyl (C=O) groups is 1. The number of amides is 1. The summed E-state index contributed by atoms with van der Waals surface area (Å²) in [4.78, 5) is 13.4. The summed E-state index contributed by atoms with van der Waals surface area (Å²) in [6, 6.07) is 2.17. The number of ether oxygens (including phenoxy) is 1. The van der Waals surface area contributed by atoms with Gasteiger partial charge in [-0.2, -0.15) is 12.6 Å². The van der Waals surface area contributed by atoms with Gasteiger partial charge in [0.25, 0.3) is 0 Å². The molecule has 1 atom stereocenters. The highest BCUT2D eigenvalue weighted by Gasteiger charge is 2.34. The third kappa shape index (κ3) is 3.98. The van der Waals surface area contributed by atoms with E-state index in [1.807, 2.05) is 0 Å². The van der Waals surface area contributed by atoms with E-state index in [4.69, 9.17) is 11.6 Å². The summed E-state index contributed by atoms with van der Waals surface area (Å²) in [6.07, 6.45) is -4.46. The van der Waals surface area contributed by atoms with Crippen molar-refractivity contribution in [2.24, 2.45) is 5.92 Å². The van der Waals surface area contributed by atoms with Gasteiger partial charge in [0, 0.05) is 23.5 Å². The number of anilines is 1. The zero-order valence-corrected chi connectivity index (χ0v) is 13.7. The first-order chi connectivity index (χ1) is 9.71. The van der Waals surface area contributed by atoms with Crippen molar-refractivity contribution in [1.82, 2.24) is 0 Å². The third-order valence-electron chi connectivity index (χ3n) is 2.96. The highest BCUT2D eigenvalue weighted by atomic mass is 79.9. The zero-order chi connectivity index (χ0) is 15.8. The molecule has 1 heterocycles. The second kappa shape index (κ2) is 6.26. The summed E-state index contributed by atoms with van der Waals surface area (Å²) >= 11 is 13.3. The van der Waals surface area contributed by atoms with Crippen LogP contribution in [0.25, 0.3) is 0 Å². The topological polar surface area (TPSA) is 29.5 Å². The van der Waals surface area contributed by atoms with Crippen LogP contribution in [0.15, 0.2) is 16.6 Å². The van der Waals surface area contributed by atoms with E-state index in [-0.39, 0.29) is 21.3 Å². The number of thiol groups is 1. The first kappa shape index (κ1) is 16.8. The van der Waals surface area contributed by atoms with Crippen molar-refractivity contribution in [3.8, 4) is 5.75 Å². The molecule has 0 aromatic heterocycles. The second-order valence-electron chi connectivity index (χ2n) is 4.54. The van der Waals surface area contributed by atoms with Crippen molar-refractivity contribution in [3.05, 3.63) is 21.6 Å². The Kier molecular flexibility index (Phi) is 4.99. The van der Waals surface area contributed by atoms with Crippen LogP contribution in [-0.2, 0) is 4.79 Å². The van der Waals surface area contributed by atoms with Gasteiger partial charge in [-0.15, -0.1) is 13.2 Å². The molecule has 21 heavy (non-hydrogen) atoms. The van der Waals surface area contributed by atoms with Crippen LogP contribution in [-0.4, -0.2) is 24.6 Å². The van der Waals surface area contributed by atoms with Gasteiger partial charge in [-0.05, 0) is 33.7 Å². The van der Waals surface area contributed by atoms with Crippen molar-refractivity contribution >= 4 is 51.8 Å². The minimum Gasteiger partial charge on any atom is -0.406 e. The maximum absolute atomic E-state index is 12.2. The summed E-state index contributed by atoms with van der Waals surface area (Å²) in [6.45, 7) is 0.431. The van der Waals surface area contributed by atoms with E-state index in [1.54, 1.807) is 0 Å². The van der Waals surface area contributed by atoms with Crippen LogP contribution in [0.1, 0.15) is 6.42 Å². The van der Waals surface area contributed by atoms with Crippen molar-refractivity contribution in [2.75, 3.05) is 17.2 Å². The number of alkyl halides is 3. The molecule has 1 amide bonds. The average Bonchev–Trinajstić information content (AvgIpc) is 2.68. The van der Waals surface area contributed by atoms with E-state index in [0.29, 0.717) is 24.4 Å². The molecule has 1 fully saturated rings. The summed E-state index contributed by atoms with van der Waals surface area (Å²) in [5.74, 6) is 0.0591. The van der Waals surface area contributed by atoms with Gasteiger partial charge < -0.3 is 9.64 Å². The van der Waals surface area contributed by atoms with E-state index in [2.05, 4.69) is 33.3 Å². The van der Waals surface area contributed by atoms with Gasteiger partial charge in [-0.25, -0.2) is 0 Å². The molecular weight excluding hydrogens is 395 g/mol. The van der Waals surface area contributed by atoms with E-state index in [0.717, 1.165) is 12.1 Å². The summed E-state index contributed by atoms with van der Waals surface area (Å²) in [5.41, 5.74) is 0.348. The Morgan fingerprint density at radius 1 is 1.48 bits per heavy atom. The molecule has 1 aromatic rings. The molecule has 1 unspecified atom stereocenters. The zero-order valence-electron chi connectivity index (χ0n) is 10.5. The van der Waals surface area contributed by atoms with Gasteiger partial charge in [0.1, 0.15) is 5.75 Å². The number of carbonyl (C=O) groups excluding carboxylic acids is 1. The highest BCUT2D eigenvalue weighted by molar-refractivity contribution is 9.10. The summed E-state index contributed by atoms with van der Waals surface area (Å²) < 4.78 is 40.7. The molecule has 116 valence electrons. The lowest BCUT2D eigenvalue weighted by atomic mass is 10.1. The number of benzene rings is 1. The molecule has 2 rings (SSSR count). The quantitative estimate of drug-likeness (QED) is 0.762. The number of halogens is 5. The minimum atomic E-state index is -4.80. The lowest BCUT2D eigenvalue weighted by molar-refractivity contribution is -0.274. The largest absolute Gasteiger partial charge is 0.573 e. The molecule has 0 aliphatic carbocycles. The Bertz CT molecular complexity index is 547. The van der Waals surface area contributed by atoms with Gasteiger partial charge in [0.15, 0.2) is 0 Å². The molecule has 0 N–H and O–H groups in total. The fourth-order valence-electron chi connectivity index (χ4n) is 2.11. The molecule has 1 aromatic carbocycles. The van der Waals surface area contributed by atoms with Gasteiger partial charge in [-0.3, -0.25) is 4.79 Å². The average molecular weight is 405 g/mol. The molecule has 1 aliphatic rings. The van der Waals surface area contributed by atoms with Crippen LogP contribution in [0, 0.1) is 5.92 Å². The Hall–Kier alpha value is -0.600. The standard InChI is InChI=1S/C12H10BrClF3NO2S/c13-8-2-7(20-12(15,16)17)3-9(14)11(8)18-4-6(5-21)1-10(18)19/h2-3,6,21H,1,4-5H2. The monoisotopic (exact) mass is 403 g/mol. The number of nitrogens with zero attached hydrogens (tertiary/aromatic N) is 1. The van der Waals surface area contributed by atoms with Gasteiger partial charge in [-0.1, -0.05) is 11.6 Å². The van der Waals surface area contributed by atoms with Crippen LogP contribution in [0.4, 0.5) is 18.9 Å². The van der Waals surface area contributed by atoms with E-state index in [9.17, 15) is 18.0 Å². The molecule has 9 heteroatoms. The summed E-state index contributed by atoms with van der Waals surface area (Å²) in [5, 5.41) is 0.0109. The molecule has 0 radical (unpaired) electrons. The van der Waals surface area contributed by atoms with Crippen LogP contribution in [0.5, 0.6) is 5.75 Å². The van der Waals surface area contributed by atoms with Crippen molar-refractivity contribution in [1.29, 1.82) is 0 Å². The fraction of sp³-hybridized carbons (Fsp3) is 0.417. The van der Waals surface area contributed by atoms with E-state index in [1.165, 1.54) is 4.90 Å². The van der Waals surface area contributed by atoms with E-state index < -0.39 is 12.1 Å². The molecule has 0 saturated carbocycles. The van der Waals surface area contributed by atoms with Gasteiger partial charge in [0.2, 0.25) is 5.91 Å². The van der Waals surface area contributed by atoms with E-state index >= 15 is 0 Å². The number of hydrogen-bond donors (Lipinski definition) is 1. The minimum absolute atomic E-state index is 0.0109. The summed E-state index contributed by atoms with van der Waals surface area (Å²) in [7, 11) is 0. The van der Waals surface area contributed by atoms with Gasteiger partial charge >= 0.3 is 6.36 Å². The number of hydrogen-bond acceptors (Lipinski definition) is 3. The third-order valence-corrected chi connectivity index (χ3v) is 4.37. The second-order valence-corrected chi connectivity index (χ2v) is 6.17. The predicted octanol–water partition coefficient (Wildman–Crippen LogP) is 4.28. The van der Waals surface area contributed by atoms with Crippen LogP contribution >= 0.6 is 40.2 Å². The smallest absolute Gasteiger partial charge is 0.406 e. The SMILES string of the molecule is O=C1CC(CS)CN1c1c(Cl)cc(OC(F)(F)F)cc1Br. The van der Waals surface area contributed by atoms with Crippen LogP contribution in [0.2, 0.25) is 5.02 Å². The Morgan fingerprint density at radius 3 is 2.62 bits per heavy atom. The molecule has 0 bridgehead atoms. The Balaban J connectivity index is 2.32. The van der Waals surface area contributed by atoms with Gasteiger partial charge in [0.05, 0.1) is 10.7 Å². The molecule has 0 spiro atoms. The Morgan fingerprint density at radius 2 is 2.14 bits per heavy atom. The number of rotatable bonds is 3. The fourth-order valence-corrected chi connectivity index (χ4v) is 3.44. The molecule has 3 nitrogen and oxygen atoms in total. The van der Waals surface area contributed by atoms with Crippen LogP contribution < -0.4 is 9.64 Å². The highest BCUT2D eigenvalue weighted by Crippen LogP contribution is 2.41. The maximum Gasteiger partial charge on any atom is 0.573 e. The maximum atomic E-state index is 12.2.